The monoisotopic (exact) mass is 1570 g/mol. The summed E-state index contributed by atoms with van der Waals surface area (Å²) in [6, 6.07) is 143. The van der Waals surface area contributed by atoms with Gasteiger partial charge in [-0.15, -0.1) is 0 Å². The van der Waals surface area contributed by atoms with Gasteiger partial charge in [-0.25, -0.2) is 19.9 Å². The van der Waals surface area contributed by atoms with Gasteiger partial charge in [0.15, 0.2) is 5.82 Å². The molecular formula is C114H64N10. The highest BCUT2D eigenvalue weighted by Crippen LogP contribution is 2.52. The molecule has 0 saturated heterocycles. The van der Waals surface area contributed by atoms with E-state index in [4.69, 9.17) is 19.9 Å². The van der Waals surface area contributed by atoms with Crippen molar-refractivity contribution in [2.75, 3.05) is 0 Å². The Morgan fingerprint density at radius 2 is 0.516 bits per heavy atom. The van der Waals surface area contributed by atoms with Crippen LogP contribution in [0.15, 0.2) is 388 Å². The van der Waals surface area contributed by atoms with Gasteiger partial charge in [-0.3, -0.25) is 4.57 Å². The molecule has 0 aliphatic rings. The molecule has 10 nitrogen and oxygen atoms in total. The molecule has 124 heavy (non-hydrogen) atoms. The molecule has 0 fully saturated rings. The molecular weight excluding hydrogens is 1510 g/mol. The first-order chi connectivity index (χ1) is 61.5. The molecule has 0 aliphatic heterocycles. The SMILES string of the molecule is c1ccc(-n2c3ccccc3c3ccc(-c4nc5ccccc5nc4-c4ccc(-n5c6ccccc6c6c7c8cc9cc(-c%10ccc%11c%12ccc(-c%13nc%14ccccc%14nc%13-n%13c%14ccccc%14c%14c%15c%16ccccc%16n%16c%17cc%18ccccc%18cc%17c(cc%14%13)c%15%16)cc%12n(-c%12ccccc%12)c%11c%10)ccc9cc8n8c9ccccc9c(cc65)c78)cc4)cc32)cc1. The van der Waals surface area contributed by atoms with E-state index in [0.717, 1.165) is 145 Å². The molecule has 0 saturated carbocycles. The zero-order valence-corrected chi connectivity index (χ0v) is 66.4. The summed E-state index contributed by atoms with van der Waals surface area (Å²) in [5.74, 6) is 0.776. The van der Waals surface area contributed by atoms with Crippen molar-refractivity contribution in [2.45, 2.75) is 0 Å². The summed E-state index contributed by atoms with van der Waals surface area (Å²) in [6.07, 6.45) is 0. The van der Waals surface area contributed by atoms with Crippen molar-refractivity contribution >= 4 is 207 Å². The lowest BCUT2D eigenvalue weighted by molar-refractivity contribution is 1.08. The molecule has 0 radical (unpaired) electrons. The third-order valence-electron chi connectivity index (χ3n) is 27.1. The number of aromatic nitrogens is 10. The molecule has 29 aromatic rings. The zero-order chi connectivity index (χ0) is 80.4. The van der Waals surface area contributed by atoms with Gasteiger partial charge in [0.05, 0.1) is 111 Å². The van der Waals surface area contributed by atoms with Crippen LogP contribution in [0.2, 0.25) is 0 Å². The maximum Gasteiger partial charge on any atom is 0.165 e. The molecule has 10 heteroatoms. The first-order valence-corrected chi connectivity index (χ1v) is 42.5. The molecule has 0 aliphatic carbocycles. The minimum absolute atomic E-state index is 0.776. The second kappa shape index (κ2) is 24.5. The standard InChI is InChI=1S/C114H64N10/c1-3-25-74(26-4-1)119-93-38-18-9-29-77(93)79-53-48-71(61-99(79)119)110-109(115-89-34-14-15-35-90(89)116-110)65-45-50-76(51-46-65)120-95-40-20-11-31-82(95)105-103(120)63-86-78-30-10-19-39-94(78)122-102-60-70-44-43-68(55-73(70)57-88(102)108(105)112(86)122)69-47-52-80-81-54-49-72(62-100(81)121(98(80)59-69)75-27-5-2-6-28-75)111-114(118-92-37-17-16-36-91(92)117-111)124-97-42-22-12-32-83(97)106-104(124)64-87-85-56-66-23-7-8-24-67(66)58-101(85)123-96-41-21-13-33-84(96)107(106)113(87)123/h1-64H. The van der Waals surface area contributed by atoms with Crippen LogP contribution >= 0.6 is 0 Å². The summed E-state index contributed by atoms with van der Waals surface area (Å²) in [5, 5.41) is 24.2. The van der Waals surface area contributed by atoms with Crippen LogP contribution in [0.5, 0.6) is 0 Å². The number of rotatable bonds is 8. The van der Waals surface area contributed by atoms with E-state index in [1.807, 2.05) is 12.1 Å². The Labute approximate surface area is 705 Å². The Morgan fingerprint density at radius 3 is 1.12 bits per heavy atom. The van der Waals surface area contributed by atoms with Crippen molar-refractivity contribution < 1.29 is 0 Å². The Bertz CT molecular complexity index is 9760. The molecule has 10 aromatic heterocycles. The molecule has 0 bridgehead atoms. The molecule has 0 amide bonds. The van der Waals surface area contributed by atoms with Crippen LogP contribution in [0.25, 0.3) is 275 Å². The number of hydrogen-bond donors (Lipinski definition) is 0. The Morgan fingerprint density at radius 1 is 0.161 bits per heavy atom. The Balaban J connectivity index is 0.588. The predicted octanol–water partition coefficient (Wildman–Crippen LogP) is 29.2. The second-order valence-electron chi connectivity index (χ2n) is 33.5. The van der Waals surface area contributed by atoms with Gasteiger partial charge < -0.3 is 22.5 Å². The highest BCUT2D eigenvalue weighted by Gasteiger charge is 2.30. The fourth-order valence-electron chi connectivity index (χ4n) is 21.8. The number of fused-ring (bicyclic) bond motifs is 30. The van der Waals surface area contributed by atoms with Gasteiger partial charge in [-0.1, -0.05) is 237 Å². The maximum atomic E-state index is 5.76. The van der Waals surface area contributed by atoms with Gasteiger partial charge in [-0.2, -0.15) is 0 Å². The zero-order valence-electron chi connectivity index (χ0n) is 66.4. The van der Waals surface area contributed by atoms with Crippen molar-refractivity contribution in [2.24, 2.45) is 0 Å². The largest absolute Gasteiger partial charge is 0.309 e. The van der Waals surface area contributed by atoms with Gasteiger partial charge in [-0.05, 0) is 184 Å². The summed E-state index contributed by atoms with van der Waals surface area (Å²) in [4.78, 5) is 22.4. The van der Waals surface area contributed by atoms with Crippen LogP contribution in [0.3, 0.4) is 0 Å². The first-order valence-electron chi connectivity index (χ1n) is 42.5. The maximum absolute atomic E-state index is 5.76. The minimum atomic E-state index is 0.776. The van der Waals surface area contributed by atoms with Gasteiger partial charge >= 0.3 is 0 Å². The van der Waals surface area contributed by atoms with Crippen molar-refractivity contribution in [3.05, 3.63) is 388 Å². The van der Waals surface area contributed by atoms with Crippen LogP contribution in [0, 0.1) is 0 Å². The van der Waals surface area contributed by atoms with E-state index in [-0.39, 0.29) is 0 Å². The minimum Gasteiger partial charge on any atom is -0.309 e. The molecule has 0 spiro atoms. The summed E-state index contributed by atoms with van der Waals surface area (Å²) in [5.41, 5.74) is 30.5. The lowest BCUT2D eigenvalue weighted by Gasteiger charge is -2.15. The van der Waals surface area contributed by atoms with E-state index < -0.39 is 0 Å². The fraction of sp³-hybridized carbons (Fsp3) is 0. The van der Waals surface area contributed by atoms with Gasteiger partial charge in [0.25, 0.3) is 0 Å². The lowest BCUT2D eigenvalue weighted by Crippen LogP contribution is -2.04. The average molecular weight is 1570 g/mol. The summed E-state index contributed by atoms with van der Waals surface area (Å²) >= 11 is 0. The van der Waals surface area contributed by atoms with Crippen LogP contribution in [-0.2, 0) is 0 Å². The number of benzene rings is 19. The first kappa shape index (κ1) is 66.1. The third kappa shape index (κ3) is 8.95. The topological polar surface area (TPSA) is 80.1 Å². The molecule has 29 rings (SSSR count). The highest BCUT2D eigenvalue weighted by molar-refractivity contribution is 6.38. The van der Waals surface area contributed by atoms with Crippen molar-refractivity contribution in [3.8, 4) is 67.8 Å². The molecule has 0 unspecified atom stereocenters. The van der Waals surface area contributed by atoms with E-state index in [2.05, 4.69) is 403 Å². The number of para-hydroxylation sites is 11. The predicted molar refractivity (Wildman–Crippen MR) is 516 cm³/mol. The summed E-state index contributed by atoms with van der Waals surface area (Å²) < 4.78 is 14.8. The third-order valence-corrected chi connectivity index (χ3v) is 27.1. The lowest BCUT2D eigenvalue weighted by atomic mass is 9.97. The number of hydrogen-bond acceptors (Lipinski definition) is 4. The smallest absolute Gasteiger partial charge is 0.165 e. The van der Waals surface area contributed by atoms with E-state index in [1.54, 1.807) is 0 Å². The van der Waals surface area contributed by atoms with Crippen molar-refractivity contribution in [1.82, 2.24) is 47.0 Å². The fourth-order valence-corrected chi connectivity index (χ4v) is 21.8. The summed E-state index contributed by atoms with van der Waals surface area (Å²) in [6.45, 7) is 0. The van der Waals surface area contributed by atoms with E-state index in [0.29, 0.717) is 0 Å². The normalized spacial score (nSPS) is 12.5. The molecule has 0 N–H and O–H groups in total. The van der Waals surface area contributed by atoms with Crippen LogP contribution in [0.4, 0.5) is 0 Å². The van der Waals surface area contributed by atoms with Crippen LogP contribution in [0.1, 0.15) is 0 Å². The summed E-state index contributed by atoms with van der Waals surface area (Å²) in [7, 11) is 0. The van der Waals surface area contributed by atoms with Gasteiger partial charge in [0.1, 0.15) is 5.69 Å². The highest BCUT2D eigenvalue weighted by atomic mass is 15.1. The van der Waals surface area contributed by atoms with Crippen LogP contribution < -0.4 is 0 Å². The van der Waals surface area contributed by atoms with Crippen LogP contribution in [-0.4, -0.2) is 47.0 Å². The van der Waals surface area contributed by atoms with E-state index in [1.165, 1.54) is 130 Å². The Kier molecular flexibility index (Phi) is 13.0. The van der Waals surface area contributed by atoms with E-state index >= 15 is 0 Å². The quantitative estimate of drug-likeness (QED) is 0.152. The molecule has 19 aromatic carbocycles. The van der Waals surface area contributed by atoms with E-state index in [9.17, 15) is 0 Å². The average Bonchev–Trinajstić information content (AvgIpc) is 1.51. The molecule has 0 atom stereocenters. The second-order valence-corrected chi connectivity index (χ2v) is 33.5. The van der Waals surface area contributed by atoms with Crippen molar-refractivity contribution in [1.29, 1.82) is 0 Å². The number of nitrogens with zero attached hydrogens (tertiary/aromatic N) is 10. The molecule has 10 heterocycles. The van der Waals surface area contributed by atoms with Crippen molar-refractivity contribution in [3.63, 3.8) is 0 Å². The molecule has 570 valence electrons. The van der Waals surface area contributed by atoms with Gasteiger partial charge in [0.2, 0.25) is 0 Å². The van der Waals surface area contributed by atoms with Gasteiger partial charge in [0, 0.05) is 120 Å². The Hall–Kier alpha value is -16.8.